The van der Waals surface area contributed by atoms with E-state index in [9.17, 15) is 0 Å². The van der Waals surface area contributed by atoms with Crippen LogP contribution in [0.5, 0.6) is 0 Å². The number of fused-ring (bicyclic) bond motifs is 1. The fourth-order valence-corrected chi connectivity index (χ4v) is 6.12. The van der Waals surface area contributed by atoms with Crippen molar-refractivity contribution >= 4 is 14.1 Å². The lowest BCUT2D eigenvalue weighted by Crippen LogP contribution is -2.38. The molecule has 0 bridgehead atoms. The number of benzene rings is 1. The molecule has 4 atom stereocenters. The Morgan fingerprint density at radius 2 is 2.04 bits per heavy atom. The molecule has 0 radical (unpaired) electrons. The highest BCUT2D eigenvalue weighted by molar-refractivity contribution is 7.52. The summed E-state index contributed by atoms with van der Waals surface area (Å²) < 4.78 is 11.8. The molecule has 3 rings (SSSR count). The van der Waals surface area contributed by atoms with Crippen LogP contribution in [-0.2, 0) is 4.52 Å². The summed E-state index contributed by atoms with van der Waals surface area (Å²) >= 11 is 0. The second-order valence-electron chi connectivity index (χ2n) is 7.34. The van der Waals surface area contributed by atoms with Crippen LogP contribution in [0.1, 0.15) is 33.1 Å². The van der Waals surface area contributed by atoms with Gasteiger partial charge in [0.15, 0.2) is 0 Å². The van der Waals surface area contributed by atoms with E-state index >= 15 is 0 Å². The van der Waals surface area contributed by atoms with Crippen molar-refractivity contribution in [1.82, 2.24) is 9.57 Å². The standard InChI is InChI=1S/C19H32N3OP/c1-5-16(2)19(20(3)4)15-23-24-21-13-9-12-18(21)14-22(24)17-10-7-6-8-11-17/h6-8,10-11,16,18-19H,5,9,12-15H2,1-4H3/t16-,18-,19+,24-/m0/s1. The van der Waals surface area contributed by atoms with Crippen LogP contribution in [0.2, 0.25) is 0 Å². The first-order valence-electron chi connectivity index (χ1n) is 9.30. The third-order valence-corrected chi connectivity index (χ3v) is 7.69. The zero-order valence-corrected chi connectivity index (χ0v) is 16.5. The van der Waals surface area contributed by atoms with Crippen molar-refractivity contribution < 1.29 is 4.52 Å². The highest BCUT2D eigenvalue weighted by Crippen LogP contribution is 2.56. The average Bonchev–Trinajstić information content (AvgIpc) is 3.17. The summed E-state index contributed by atoms with van der Waals surface area (Å²) in [7, 11) is 3.68. The largest absolute Gasteiger partial charge is 0.325 e. The Morgan fingerprint density at radius 1 is 1.29 bits per heavy atom. The summed E-state index contributed by atoms with van der Waals surface area (Å²) in [5, 5.41) is 0. The number of hydrogen-bond acceptors (Lipinski definition) is 4. The van der Waals surface area contributed by atoms with Gasteiger partial charge in [-0.1, -0.05) is 38.5 Å². The Hall–Kier alpha value is -0.670. The van der Waals surface area contributed by atoms with E-state index in [-0.39, 0.29) is 0 Å². The number of likely N-dealkylation sites (N-methyl/N-ethyl adjacent to an activating group) is 1. The first-order valence-corrected chi connectivity index (χ1v) is 10.5. The normalized spacial score (nSPS) is 26.8. The zero-order valence-electron chi connectivity index (χ0n) is 15.6. The van der Waals surface area contributed by atoms with Gasteiger partial charge in [0.1, 0.15) is 0 Å². The van der Waals surface area contributed by atoms with Crippen molar-refractivity contribution in [2.45, 2.75) is 45.2 Å². The maximum Gasteiger partial charge on any atom is 0.218 e. The minimum absolute atomic E-state index is 0.483. The van der Waals surface area contributed by atoms with Crippen molar-refractivity contribution in [1.29, 1.82) is 0 Å². The van der Waals surface area contributed by atoms with Crippen molar-refractivity contribution in [3.05, 3.63) is 30.3 Å². The molecule has 0 amide bonds. The smallest absolute Gasteiger partial charge is 0.218 e. The quantitative estimate of drug-likeness (QED) is 0.687. The minimum Gasteiger partial charge on any atom is -0.325 e. The lowest BCUT2D eigenvalue weighted by Gasteiger charge is -2.34. The van der Waals surface area contributed by atoms with Gasteiger partial charge in [-0.2, -0.15) is 0 Å². The van der Waals surface area contributed by atoms with Crippen LogP contribution in [-0.4, -0.2) is 55.4 Å². The number of hydrogen-bond donors (Lipinski definition) is 0. The molecule has 2 fully saturated rings. The van der Waals surface area contributed by atoms with Crippen molar-refractivity contribution in [2.75, 3.05) is 38.5 Å². The summed E-state index contributed by atoms with van der Waals surface area (Å²) in [6.07, 6.45) is 3.82. The molecule has 2 aliphatic heterocycles. The van der Waals surface area contributed by atoms with Gasteiger partial charge in [-0.3, -0.25) is 0 Å². The summed E-state index contributed by atoms with van der Waals surface area (Å²) in [5.41, 5.74) is 1.31. The molecule has 0 unspecified atom stereocenters. The van der Waals surface area contributed by atoms with Crippen LogP contribution in [0.3, 0.4) is 0 Å². The lowest BCUT2D eigenvalue weighted by molar-refractivity contribution is 0.141. The topological polar surface area (TPSA) is 19.0 Å². The first kappa shape index (κ1) is 18.1. The molecule has 4 nitrogen and oxygen atoms in total. The maximum atomic E-state index is 6.61. The molecule has 2 aliphatic rings. The molecule has 1 aromatic carbocycles. The number of rotatable bonds is 7. The third kappa shape index (κ3) is 3.77. The predicted octanol–water partition coefficient (Wildman–Crippen LogP) is 4.19. The van der Waals surface area contributed by atoms with Gasteiger partial charge in [0.2, 0.25) is 8.45 Å². The molecule has 5 heteroatoms. The molecule has 0 saturated carbocycles. The van der Waals surface area contributed by atoms with E-state index < -0.39 is 8.45 Å². The number of nitrogens with zero attached hydrogens (tertiary/aromatic N) is 3. The summed E-state index contributed by atoms with van der Waals surface area (Å²) in [6, 6.07) is 12.0. The van der Waals surface area contributed by atoms with Crippen LogP contribution in [0.4, 0.5) is 5.69 Å². The van der Waals surface area contributed by atoms with Gasteiger partial charge in [0.05, 0.1) is 6.61 Å². The highest BCUT2D eigenvalue weighted by Gasteiger charge is 2.44. The van der Waals surface area contributed by atoms with Crippen molar-refractivity contribution in [3.63, 3.8) is 0 Å². The molecular weight excluding hydrogens is 317 g/mol. The Morgan fingerprint density at radius 3 is 2.71 bits per heavy atom. The van der Waals surface area contributed by atoms with E-state index in [1.165, 1.54) is 31.5 Å². The van der Waals surface area contributed by atoms with Crippen LogP contribution < -0.4 is 4.67 Å². The molecule has 0 aromatic heterocycles. The number of para-hydroxylation sites is 1. The van der Waals surface area contributed by atoms with Crippen LogP contribution in [0.15, 0.2) is 30.3 Å². The fourth-order valence-electron chi connectivity index (χ4n) is 3.82. The van der Waals surface area contributed by atoms with E-state index in [0.717, 1.165) is 13.2 Å². The fraction of sp³-hybridized carbons (Fsp3) is 0.684. The first-order chi connectivity index (χ1) is 11.6. The van der Waals surface area contributed by atoms with E-state index in [2.05, 4.69) is 72.5 Å². The van der Waals surface area contributed by atoms with Gasteiger partial charge < -0.3 is 14.1 Å². The molecule has 2 heterocycles. The van der Waals surface area contributed by atoms with E-state index in [4.69, 9.17) is 4.52 Å². The Bertz CT molecular complexity index is 513. The molecule has 24 heavy (non-hydrogen) atoms. The second-order valence-corrected chi connectivity index (χ2v) is 9.10. The van der Waals surface area contributed by atoms with Gasteiger partial charge in [0.25, 0.3) is 0 Å². The highest BCUT2D eigenvalue weighted by atomic mass is 31.2. The molecule has 0 aliphatic carbocycles. The predicted molar refractivity (Wildman–Crippen MR) is 103 cm³/mol. The van der Waals surface area contributed by atoms with E-state index in [0.29, 0.717) is 18.0 Å². The van der Waals surface area contributed by atoms with Gasteiger partial charge >= 0.3 is 0 Å². The van der Waals surface area contributed by atoms with Gasteiger partial charge in [0, 0.05) is 30.9 Å². The molecular formula is C19H32N3OP. The number of anilines is 1. The zero-order chi connectivity index (χ0) is 17.1. The van der Waals surface area contributed by atoms with Crippen molar-refractivity contribution in [2.24, 2.45) is 5.92 Å². The Balaban J connectivity index is 1.72. The Labute approximate surface area is 148 Å². The maximum absolute atomic E-state index is 6.61. The molecule has 2 saturated heterocycles. The van der Waals surface area contributed by atoms with Crippen LogP contribution in [0.25, 0.3) is 0 Å². The average molecular weight is 349 g/mol. The SMILES string of the molecule is CC[C@H](C)[C@@H](CO[P@]1N(c2ccccc2)C[C@@H]2CCCN21)N(C)C. The summed E-state index contributed by atoms with van der Waals surface area (Å²) in [6.45, 7) is 7.74. The minimum atomic E-state index is -0.672. The second kappa shape index (κ2) is 8.14. The molecule has 134 valence electrons. The lowest BCUT2D eigenvalue weighted by atomic mass is 9.99. The molecule has 0 N–H and O–H groups in total. The summed E-state index contributed by atoms with van der Waals surface area (Å²) in [4.78, 5) is 2.33. The van der Waals surface area contributed by atoms with E-state index in [1.54, 1.807) is 0 Å². The van der Waals surface area contributed by atoms with E-state index in [1.807, 2.05) is 0 Å². The third-order valence-electron chi connectivity index (χ3n) is 5.54. The van der Waals surface area contributed by atoms with Gasteiger partial charge in [-0.15, -0.1) is 0 Å². The van der Waals surface area contributed by atoms with Crippen molar-refractivity contribution in [3.8, 4) is 0 Å². The van der Waals surface area contributed by atoms with Crippen LogP contribution in [0, 0.1) is 5.92 Å². The monoisotopic (exact) mass is 349 g/mol. The Kier molecular flexibility index (Phi) is 6.15. The molecule has 1 aromatic rings. The van der Waals surface area contributed by atoms with Gasteiger partial charge in [-0.25, -0.2) is 4.67 Å². The molecule has 0 spiro atoms. The van der Waals surface area contributed by atoms with Gasteiger partial charge in [-0.05, 0) is 45.0 Å². The summed E-state index contributed by atoms with van der Waals surface area (Å²) in [5.74, 6) is 0.650. The van der Waals surface area contributed by atoms with Crippen LogP contribution >= 0.6 is 8.45 Å².